The van der Waals surface area contributed by atoms with Crippen LogP contribution in [0.25, 0.3) is 110 Å². The summed E-state index contributed by atoms with van der Waals surface area (Å²) in [6.07, 6.45) is 0. The van der Waals surface area contributed by atoms with Crippen LogP contribution in [0.5, 0.6) is 0 Å². The Hall–Kier alpha value is -10.2. The SMILES string of the molecule is CC1(C)c2cc(N(c3ccccc3)c3cccc4c3oc3c(-c5ccccc5)c5ccccc5cc34)ccc2-c2c1cc(N(c1ccccc1)c1cccc3c1oc1c(-c4ccccc4)c4ccccc4cc13)c1ccccc21. The topological polar surface area (TPSA) is 32.8 Å². The molecule has 0 bridgehead atoms. The zero-order valence-corrected chi connectivity index (χ0v) is 43.6. The van der Waals surface area contributed by atoms with Crippen molar-refractivity contribution in [1.82, 2.24) is 0 Å². The maximum absolute atomic E-state index is 7.34. The number of rotatable bonds is 8. The number of anilines is 6. The summed E-state index contributed by atoms with van der Waals surface area (Å²) in [5.74, 6) is 0. The van der Waals surface area contributed by atoms with Crippen molar-refractivity contribution in [3.05, 3.63) is 278 Å². The highest BCUT2D eigenvalue weighted by atomic mass is 16.3. The number of hydrogen-bond donors (Lipinski definition) is 0. The van der Waals surface area contributed by atoms with E-state index in [2.05, 4.69) is 291 Å². The van der Waals surface area contributed by atoms with Crippen LogP contribution in [0.15, 0.2) is 276 Å². The molecule has 13 aromatic carbocycles. The average molecular weight is 1010 g/mol. The Kier molecular flexibility index (Phi) is 9.95. The van der Waals surface area contributed by atoms with Gasteiger partial charge >= 0.3 is 0 Å². The number of hydrogen-bond acceptors (Lipinski definition) is 4. The van der Waals surface area contributed by atoms with E-state index < -0.39 is 5.41 Å². The van der Waals surface area contributed by atoms with Crippen LogP contribution in [0, 0.1) is 0 Å². The van der Waals surface area contributed by atoms with E-state index in [1.807, 2.05) is 0 Å². The number of furan rings is 2. The van der Waals surface area contributed by atoms with Gasteiger partial charge in [0.2, 0.25) is 0 Å². The standard InChI is InChI=1S/C75H50N2O2/c1-75(2)63-45-53(76(51-29-11-5-12-30-51)65-39-21-37-58-61-43-49-27-15-17-33-54(49)68(73(61)78-71(58)65)47-23-7-3-8-24-47)41-42-60(63)70-57-36-20-19-35-56(57)67(46-64(70)75)77(52-31-13-6-14-32-52)66-40-22-38-59-62-44-50-28-16-18-34-55(50)69(74(62)79-72(59)66)48-25-9-4-10-26-48/h3-46H,1-2H3. The minimum Gasteiger partial charge on any atom is -0.453 e. The van der Waals surface area contributed by atoms with Crippen molar-refractivity contribution in [1.29, 1.82) is 0 Å². The first-order valence-corrected chi connectivity index (χ1v) is 27.2. The molecular formula is C75H50N2O2. The predicted octanol–water partition coefficient (Wildman–Crippen LogP) is 21.5. The average Bonchev–Trinajstić information content (AvgIpc) is 4.17. The summed E-state index contributed by atoms with van der Waals surface area (Å²) < 4.78 is 14.6. The van der Waals surface area contributed by atoms with Gasteiger partial charge in [-0.2, -0.15) is 0 Å². The molecule has 0 spiro atoms. The molecule has 16 rings (SSSR count). The molecule has 1 aliphatic rings. The van der Waals surface area contributed by atoms with Crippen LogP contribution >= 0.6 is 0 Å². The van der Waals surface area contributed by atoms with Crippen molar-refractivity contribution < 1.29 is 8.83 Å². The van der Waals surface area contributed by atoms with Gasteiger partial charge in [-0.05, 0) is 127 Å². The fourth-order valence-corrected chi connectivity index (χ4v) is 13.2. The maximum atomic E-state index is 7.34. The Bertz CT molecular complexity index is 4920. The third kappa shape index (κ3) is 6.81. The van der Waals surface area contributed by atoms with Crippen LogP contribution in [-0.4, -0.2) is 0 Å². The molecule has 0 unspecified atom stereocenters. The van der Waals surface area contributed by atoms with Crippen molar-refractivity contribution in [3.8, 4) is 33.4 Å². The Balaban J connectivity index is 0.891. The molecule has 0 saturated heterocycles. The molecule has 0 fully saturated rings. The van der Waals surface area contributed by atoms with Crippen molar-refractivity contribution in [3.63, 3.8) is 0 Å². The normalized spacial score (nSPS) is 12.8. The Morgan fingerprint density at radius 1 is 0.278 bits per heavy atom. The molecule has 0 saturated carbocycles. The van der Waals surface area contributed by atoms with E-state index in [-0.39, 0.29) is 0 Å². The summed E-state index contributed by atoms with van der Waals surface area (Å²) in [4.78, 5) is 4.81. The lowest BCUT2D eigenvalue weighted by Crippen LogP contribution is -2.18. The van der Waals surface area contributed by atoms with Crippen molar-refractivity contribution in [2.24, 2.45) is 0 Å². The number of nitrogens with zero attached hydrogens (tertiary/aromatic N) is 2. The number of benzene rings is 13. The van der Waals surface area contributed by atoms with Crippen LogP contribution in [0.1, 0.15) is 25.0 Å². The van der Waals surface area contributed by atoms with Crippen molar-refractivity contribution in [2.45, 2.75) is 19.3 Å². The highest BCUT2D eigenvalue weighted by Gasteiger charge is 2.39. The third-order valence-corrected chi connectivity index (χ3v) is 16.8. The van der Waals surface area contributed by atoms with Crippen molar-refractivity contribution in [2.75, 3.05) is 9.80 Å². The van der Waals surface area contributed by atoms with Gasteiger partial charge in [0, 0.05) is 60.5 Å². The second kappa shape index (κ2) is 17.4. The molecule has 0 radical (unpaired) electrons. The fraction of sp³-hybridized carbons (Fsp3) is 0.0400. The van der Waals surface area contributed by atoms with E-state index in [1.165, 1.54) is 49.2 Å². The second-order valence-corrected chi connectivity index (χ2v) is 21.5. The molecule has 1 aliphatic carbocycles. The molecule has 79 heavy (non-hydrogen) atoms. The molecule has 0 aliphatic heterocycles. The van der Waals surface area contributed by atoms with Crippen molar-refractivity contribution >= 4 is 110 Å². The minimum atomic E-state index is -0.406. The number of para-hydroxylation sites is 4. The third-order valence-electron chi connectivity index (χ3n) is 16.8. The Morgan fingerprint density at radius 3 is 1.27 bits per heavy atom. The number of fused-ring (bicyclic) bond motifs is 13. The largest absolute Gasteiger partial charge is 0.453 e. The van der Waals surface area contributed by atoms with Gasteiger partial charge < -0.3 is 18.6 Å². The molecular weight excluding hydrogens is 961 g/mol. The van der Waals surface area contributed by atoms with Gasteiger partial charge in [-0.1, -0.05) is 214 Å². The zero-order chi connectivity index (χ0) is 52.3. The Morgan fingerprint density at radius 2 is 0.722 bits per heavy atom. The lowest BCUT2D eigenvalue weighted by atomic mass is 9.81. The summed E-state index contributed by atoms with van der Waals surface area (Å²) >= 11 is 0. The molecule has 0 N–H and O–H groups in total. The van der Waals surface area contributed by atoms with Crippen LogP contribution < -0.4 is 9.80 Å². The quantitative estimate of drug-likeness (QED) is 0.152. The molecule has 4 heteroatoms. The first-order chi connectivity index (χ1) is 39.0. The van der Waals surface area contributed by atoms with Crippen LogP contribution in [0.4, 0.5) is 34.1 Å². The smallest absolute Gasteiger partial charge is 0.159 e. The molecule has 15 aromatic rings. The molecule has 372 valence electrons. The van der Waals surface area contributed by atoms with E-state index >= 15 is 0 Å². The highest BCUT2D eigenvalue weighted by Crippen LogP contribution is 2.57. The Labute approximate surface area is 457 Å². The fourth-order valence-electron chi connectivity index (χ4n) is 13.2. The lowest BCUT2D eigenvalue weighted by Gasteiger charge is -2.30. The van der Waals surface area contributed by atoms with E-state index in [1.54, 1.807) is 0 Å². The monoisotopic (exact) mass is 1010 g/mol. The summed E-state index contributed by atoms with van der Waals surface area (Å²) in [6.45, 7) is 4.79. The first-order valence-electron chi connectivity index (χ1n) is 27.2. The van der Waals surface area contributed by atoms with Gasteiger partial charge in [-0.15, -0.1) is 0 Å². The van der Waals surface area contributed by atoms with Gasteiger partial charge in [-0.3, -0.25) is 0 Å². The van der Waals surface area contributed by atoms with Gasteiger partial charge in [-0.25, -0.2) is 0 Å². The van der Waals surface area contributed by atoms with Crippen LogP contribution in [-0.2, 0) is 5.41 Å². The molecule has 0 atom stereocenters. The van der Waals surface area contributed by atoms with E-state index in [9.17, 15) is 0 Å². The van der Waals surface area contributed by atoms with E-state index in [0.29, 0.717) is 0 Å². The first kappa shape index (κ1) is 45.1. The lowest BCUT2D eigenvalue weighted by molar-refractivity contribution is 0.660. The van der Waals surface area contributed by atoms with Crippen LogP contribution in [0.3, 0.4) is 0 Å². The summed E-state index contributed by atoms with van der Waals surface area (Å²) in [5.41, 5.74) is 18.8. The van der Waals surface area contributed by atoms with Crippen LogP contribution in [0.2, 0.25) is 0 Å². The van der Waals surface area contributed by atoms with Gasteiger partial charge in [0.15, 0.2) is 11.2 Å². The molecule has 4 nitrogen and oxygen atoms in total. The maximum Gasteiger partial charge on any atom is 0.159 e. The van der Waals surface area contributed by atoms with Gasteiger partial charge in [0.05, 0.1) is 17.1 Å². The molecule has 2 aromatic heterocycles. The predicted molar refractivity (Wildman–Crippen MR) is 331 cm³/mol. The van der Waals surface area contributed by atoms with E-state index in [0.717, 1.165) is 106 Å². The van der Waals surface area contributed by atoms with Gasteiger partial charge in [0.25, 0.3) is 0 Å². The molecule has 2 heterocycles. The second-order valence-electron chi connectivity index (χ2n) is 21.5. The summed E-state index contributed by atoms with van der Waals surface area (Å²) in [6, 6.07) is 96.5. The summed E-state index contributed by atoms with van der Waals surface area (Å²) in [7, 11) is 0. The zero-order valence-electron chi connectivity index (χ0n) is 43.6. The highest BCUT2D eigenvalue weighted by molar-refractivity contribution is 6.22. The molecule has 0 amide bonds. The van der Waals surface area contributed by atoms with E-state index in [4.69, 9.17) is 8.83 Å². The summed E-state index contributed by atoms with van der Waals surface area (Å²) in [5, 5.41) is 11.4. The van der Waals surface area contributed by atoms with Gasteiger partial charge in [0.1, 0.15) is 11.2 Å². The minimum absolute atomic E-state index is 0.406.